The summed E-state index contributed by atoms with van der Waals surface area (Å²) in [5, 5.41) is 12.3. The zero-order valence-corrected chi connectivity index (χ0v) is 16.5. The molecule has 0 saturated heterocycles. The van der Waals surface area contributed by atoms with Crippen LogP contribution in [0.2, 0.25) is 0 Å². The second-order valence-corrected chi connectivity index (χ2v) is 7.62. The van der Waals surface area contributed by atoms with Gasteiger partial charge in [0.2, 0.25) is 0 Å². The van der Waals surface area contributed by atoms with Gasteiger partial charge in [-0.3, -0.25) is 9.78 Å². The Bertz CT molecular complexity index is 1260. The van der Waals surface area contributed by atoms with Crippen molar-refractivity contribution in [3.8, 4) is 0 Å². The summed E-state index contributed by atoms with van der Waals surface area (Å²) in [6, 6.07) is 13.8. The standard InChI is InChI=1S/C22H21N7O/c1-13-2-4-15-10-14(3-6-17(15)24-13)11-29-12-20(27-28-29)22(30)26-19-8-7-18-16(19)5-9-21(23)25-18/h2-6,9-10,12,19H,7-8,11H2,1H3,(H2,23,25)(H,26,30)/t19-/m0/s1. The number of rotatable bonds is 4. The van der Waals surface area contributed by atoms with Crippen molar-refractivity contribution in [2.75, 3.05) is 5.73 Å². The zero-order valence-electron chi connectivity index (χ0n) is 16.5. The number of nitrogens with zero attached hydrogens (tertiary/aromatic N) is 5. The second-order valence-electron chi connectivity index (χ2n) is 7.62. The van der Waals surface area contributed by atoms with E-state index in [1.807, 2.05) is 31.2 Å². The van der Waals surface area contributed by atoms with E-state index in [-0.39, 0.29) is 11.9 Å². The van der Waals surface area contributed by atoms with Gasteiger partial charge in [-0.2, -0.15) is 0 Å². The highest BCUT2D eigenvalue weighted by atomic mass is 16.2. The molecule has 1 aromatic carbocycles. The third-order valence-electron chi connectivity index (χ3n) is 5.39. The molecule has 0 aliphatic heterocycles. The van der Waals surface area contributed by atoms with Crippen molar-refractivity contribution in [2.45, 2.75) is 32.4 Å². The van der Waals surface area contributed by atoms with Crippen LogP contribution in [0, 0.1) is 6.92 Å². The third-order valence-corrected chi connectivity index (χ3v) is 5.39. The number of nitrogens with two attached hydrogens (primary N) is 1. The largest absolute Gasteiger partial charge is 0.384 e. The van der Waals surface area contributed by atoms with Crippen molar-refractivity contribution in [3.63, 3.8) is 0 Å². The number of aromatic nitrogens is 5. The number of hydrogen-bond acceptors (Lipinski definition) is 6. The molecular formula is C22H21N7O. The number of aryl methyl sites for hydroxylation is 2. The van der Waals surface area contributed by atoms with Crippen LogP contribution in [0.4, 0.5) is 5.82 Å². The lowest BCUT2D eigenvalue weighted by molar-refractivity contribution is 0.0931. The van der Waals surface area contributed by atoms with Gasteiger partial charge in [0, 0.05) is 16.8 Å². The number of carbonyl (C=O) groups excluding carboxylic acids is 1. The van der Waals surface area contributed by atoms with E-state index < -0.39 is 0 Å². The highest BCUT2D eigenvalue weighted by Crippen LogP contribution is 2.30. The number of hydrogen-bond donors (Lipinski definition) is 2. The Kier molecular flexibility index (Phi) is 4.39. The summed E-state index contributed by atoms with van der Waals surface area (Å²) < 4.78 is 1.67. The molecule has 0 saturated carbocycles. The Hall–Kier alpha value is -3.81. The van der Waals surface area contributed by atoms with Crippen LogP contribution in [0.3, 0.4) is 0 Å². The molecule has 1 atom stereocenters. The van der Waals surface area contributed by atoms with E-state index in [9.17, 15) is 4.79 Å². The number of benzene rings is 1. The van der Waals surface area contributed by atoms with Gasteiger partial charge in [0.25, 0.3) is 5.91 Å². The van der Waals surface area contributed by atoms with Crippen LogP contribution in [0.25, 0.3) is 10.9 Å². The molecule has 30 heavy (non-hydrogen) atoms. The SMILES string of the molecule is Cc1ccc2cc(Cn3cc(C(=O)N[C@H]4CCc5nc(N)ccc54)nn3)ccc2n1. The minimum Gasteiger partial charge on any atom is -0.384 e. The topological polar surface area (TPSA) is 112 Å². The molecule has 0 spiro atoms. The maximum atomic E-state index is 12.7. The minimum atomic E-state index is -0.242. The maximum absolute atomic E-state index is 12.7. The number of amides is 1. The van der Waals surface area contributed by atoms with Crippen LogP contribution in [-0.2, 0) is 13.0 Å². The van der Waals surface area contributed by atoms with E-state index in [1.165, 1.54) is 0 Å². The van der Waals surface area contributed by atoms with E-state index in [0.29, 0.717) is 18.1 Å². The number of fused-ring (bicyclic) bond motifs is 2. The highest BCUT2D eigenvalue weighted by molar-refractivity contribution is 5.92. The van der Waals surface area contributed by atoms with Gasteiger partial charge in [0.15, 0.2) is 5.69 Å². The Morgan fingerprint density at radius 2 is 2.10 bits per heavy atom. The van der Waals surface area contributed by atoms with Crippen LogP contribution in [0.1, 0.15) is 45.5 Å². The first-order valence-corrected chi connectivity index (χ1v) is 9.88. The van der Waals surface area contributed by atoms with Gasteiger partial charge in [0.05, 0.1) is 24.3 Å². The monoisotopic (exact) mass is 399 g/mol. The number of pyridine rings is 2. The molecule has 5 rings (SSSR count). The fourth-order valence-corrected chi connectivity index (χ4v) is 3.91. The first kappa shape index (κ1) is 18.2. The molecule has 8 heteroatoms. The predicted octanol–water partition coefficient (Wildman–Crippen LogP) is 2.58. The fourth-order valence-electron chi connectivity index (χ4n) is 3.91. The van der Waals surface area contributed by atoms with E-state index in [4.69, 9.17) is 5.73 Å². The Balaban J connectivity index is 1.29. The number of anilines is 1. The van der Waals surface area contributed by atoms with Gasteiger partial charge in [0.1, 0.15) is 5.82 Å². The number of carbonyl (C=O) groups is 1. The van der Waals surface area contributed by atoms with Crippen LogP contribution >= 0.6 is 0 Å². The van der Waals surface area contributed by atoms with Crippen molar-refractivity contribution in [2.24, 2.45) is 0 Å². The first-order valence-electron chi connectivity index (χ1n) is 9.88. The molecule has 1 amide bonds. The average Bonchev–Trinajstić information content (AvgIpc) is 3.35. The summed E-state index contributed by atoms with van der Waals surface area (Å²) in [5.41, 5.74) is 11.0. The molecule has 4 aromatic rings. The molecule has 1 aliphatic rings. The van der Waals surface area contributed by atoms with Gasteiger partial charge in [-0.1, -0.05) is 23.4 Å². The fraction of sp³-hybridized carbons (Fsp3) is 0.227. The lowest BCUT2D eigenvalue weighted by Gasteiger charge is -2.12. The molecule has 3 N–H and O–H groups in total. The van der Waals surface area contributed by atoms with Crippen molar-refractivity contribution < 1.29 is 4.79 Å². The third kappa shape index (κ3) is 3.47. The Morgan fingerprint density at radius 3 is 3.00 bits per heavy atom. The summed E-state index contributed by atoms with van der Waals surface area (Å²) in [4.78, 5) is 21.5. The summed E-state index contributed by atoms with van der Waals surface area (Å²) in [7, 11) is 0. The lowest BCUT2D eigenvalue weighted by Crippen LogP contribution is -2.27. The Labute approximate surface area is 173 Å². The van der Waals surface area contributed by atoms with E-state index in [0.717, 1.165) is 46.3 Å². The molecule has 0 fully saturated rings. The van der Waals surface area contributed by atoms with E-state index in [1.54, 1.807) is 16.9 Å². The van der Waals surface area contributed by atoms with Gasteiger partial charge in [-0.15, -0.1) is 5.10 Å². The summed E-state index contributed by atoms with van der Waals surface area (Å²) in [6.07, 6.45) is 3.27. The summed E-state index contributed by atoms with van der Waals surface area (Å²) in [6.45, 7) is 2.50. The average molecular weight is 399 g/mol. The highest BCUT2D eigenvalue weighted by Gasteiger charge is 2.26. The van der Waals surface area contributed by atoms with Crippen molar-refractivity contribution in [1.82, 2.24) is 30.3 Å². The van der Waals surface area contributed by atoms with Crippen LogP contribution in [0.15, 0.2) is 48.7 Å². The molecule has 1 aliphatic carbocycles. The van der Waals surface area contributed by atoms with Gasteiger partial charge >= 0.3 is 0 Å². The smallest absolute Gasteiger partial charge is 0.273 e. The molecule has 3 aromatic heterocycles. The van der Waals surface area contributed by atoms with Crippen LogP contribution in [0.5, 0.6) is 0 Å². The summed E-state index contributed by atoms with van der Waals surface area (Å²) >= 11 is 0. The molecule has 3 heterocycles. The summed E-state index contributed by atoms with van der Waals surface area (Å²) in [5.74, 6) is 0.261. The normalized spacial score (nSPS) is 15.3. The zero-order chi connectivity index (χ0) is 20.7. The van der Waals surface area contributed by atoms with Gasteiger partial charge < -0.3 is 11.1 Å². The quantitative estimate of drug-likeness (QED) is 0.546. The van der Waals surface area contributed by atoms with Crippen molar-refractivity contribution in [3.05, 3.63) is 76.9 Å². The molecule has 0 radical (unpaired) electrons. The maximum Gasteiger partial charge on any atom is 0.273 e. The molecule has 0 bridgehead atoms. The second kappa shape index (κ2) is 7.22. The lowest BCUT2D eigenvalue weighted by atomic mass is 10.1. The van der Waals surface area contributed by atoms with Gasteiger partial charge in [-0.25, -0.2) is 9.67 Å². The molecule has 150 valence electrons. The van der Waals surface area contributed by atoms with Crippen LogP contribution in [-0.4, -0.2) is 30.9 Å². The van der Waals surface area contributed by atoms with E-state index >= 15 is 0 Å². The molecular weight excluding hydrogens is 378 g/mol. The molecule has 8 nitrogen and oxygen atoms in total. The number of nitrogens with one attached hydrogen (secondary N) is 1. The minimum absolute atomic E-state index is 0.0813. The van der Waals surface area contributed by atoms with Crippen molar-refractivity contribution in [1.29, 1.82) is 0 Å². The first-order chi connectivity index (χ1) is 14.5. The molecule has 0 unspecified atom stereocenters. The van der Waals surface area contributed by atoms with E-state index in [2.05, 4.69) is 37.7 Å². The van der Waals surface area contributed by atoms with Gasteiger partial charge in [-0.05, 0) is 55.2 Å². The Morgan fingerprint density at radius 1 is 1.20 bits per heavy atom. The predicted molar refractivity (Wildman–Crippen MR) is 113 cm³/mol. The van der Waals surface area contributed by atoms with Crippen molar-refractivity contribution >= 4 is 22.6 Å². The number of nitrogen functional groups attached to an aromatic ring is 1. The van der Waals surface area contributed by atoms with Crippen LogP contribution < -0.4 is 11.1 Å².